The Morgan fingerprint density at radius 1 is 1.23 bits per heavy atom. The van der Waals surface area contributed by atoms with Crippen LogP contribution in [-0.4, -0.2) is 23.7 Å². The third kappa shape index (κ3) is 3.50. The zero-order valence-corrected chi connectivity index (χ0v) is 14.7. The van der Waals surface area contributed by atoms with E-state index in [9.17, 15) is 14.7 Å². The van der Waals surface area contributed by atoms with Crippen LogP contribution < -0.4 is 10.6 Å². The van der Waals surface area contributed by atoms with Crippen molar-refractivity contribution < 1.29 is 19.4 Å². The van der Waals surface area contributed by atoms with Crippen molar-refractivity contribution in [2.24, 2.45) is 0 Å². The van der Waals surface area contributed by atoms with E-state index in [1.165, 1.54) is 12.1 Å². The molecule has 1 aliphatic heterocycles. The molecule has 0 bridgehead atoms. The summed E-state index contributed by atoms with van der Waals surface area (Å²) in [5.41, 5.74) is 1.88. The highest BCUT2D eigenvalue weighted by molar-refractivity contribution is 6.32. The first kappa shape index (κ1) is 17.8. The molecule has 0 spiro atoms. The molecule has 134 valence electrons. The van der Waals surface area contributed by atoms with Crippen molar-refractivity contribution >= 4 is 29.3 Å². The SMILES string of the molecule is CCOC(=O)C1=C(c2ccccc2)NC(=O)N[C@@H]1c1ccc(O)c(Cl)c1. The van der Waals surface area contributed by atoms with Gasteiger partial charge in [-0.25, -0.2) is 9.59 Å². The highest BCUT2D eigenvalue weighted by Gasteiger charge is 2.34. The van der Waals surface area contributed by atoms with Crippen molar-refractivity contribution in [3.8, 4) is 5.75 Å². The molecule has 1 atom stereocenters. The summed E-state index contributed by atoms with van der Waals surface area (Å²) in [7, 11) is 0. The summed E-state index contributed by atoms with van der Waals surface area (Å²) < 4.78 is 5.20. The molecule has 2 aromatic carbocycles. The Labute approximate surface area is 155 Å². The molecule has 2 amide bonds. The topological polar surface area (TPSA) is 87.7 Å². The van der Waals surface area contributed by atoms with Crippen molar-refractivity contribution in [3.05, 3.63) is 70.3 Å². The number of phenolic OH excluding ortho intramolecular Hbond substituents is 1. The predicted molar refractivity (Wildman–Crippen MR) is 97.5 cm³/mol. The highest BCUT2D eigenvalue weighted by Crippen LogP contribution is 2.34. The van der Waals surface area contributed by atoms with Gasteiger partial charge in [0, 0.05) is 0 Å². The minimum atomic E-state index is -0.767. The van der Waals surface area contributed by atoms with Gasteiger partial charge in [0.15, 0.2) is 0 Å². The van der Waals surface area contributed by atoms with Gasteiger partial charge >= 0.3 is 12.0 Å². The molecular formula is C19H17ClN2O4. The Kier molecular flexibility index (Phi) is 5.14. The summed E-state index contributed by atoms with van der Waals surface area (Å²) in [6, 6.07) is 12.3. The van der Waals surface area contributed by atoms with E-state index in [4.69, 9.17) is 16.3 Å². The summed E-state index contributed by atoms with van der Waals surface area (Å²) in [4.78, 5) is 24.9. The van der Waals surface area contributed by atoms with E-state index < -0.39 is 18.0 Å². The van der Waals surface area contributed by atoms with Crippen LogP contribution in [0.2, 0.25) is 5.02 Å². The van der Waals surface area contributed by atoms with Crippen LogP contribution in [0.5, 0.6) is 5.75 Å². The van der Waals surface area contributed by atoms with Crippen molar-refractivity contribution in [2.75, 3.05) is 6.61 Å². The van der Waals surface area contributed by atoms with Crippen molar-refractivity contribution in [1.29, 1.82) is 0 Å². The maximum Gasteiger partial charge on any atom is 0.338 e. The predicted octanol–water partition coefficient (Wildman–Crippen LogP) is 3.37. The van der Waals surface area contributed by atoms with Crippen LogP contribution in [0.4, 0.5) is 4.79 Å². The molecule has 7 heteroatoms. The van der Waals surface area contributed by atoms with E-state index >= 15 is 0 Å². The highest BCUT2D eigenvalue weighted by atomic mass is 35.5. The largest absolute Gasteiger partial charge is 0.506 e. The normalized spacial score (nSPS) is 16.7. The molecule has 26 heavy (non-hydrogen) atoms. The third-order valence-corrected chi connectivity index (χ3v) is 4.24. The van der Waals surface area contributed by atoms with E-state index in [0.717, 1.165) is 0 Å². The number of aromatic hydroxyl groups is 1. The molecule has 1 heterocycles. The van der Waals surface area contributed by atoms with Crippen molar-refractivity contribution in [1.82, 2.24) is 10.6 Å². The Hall–Kier alpha value is -2.99. The van der Waals surface area contributed by atoms with Gasteiger partial charge in [-0.3, -0.25) is 0 Å². The van der Waals surface area contributed by atoms with Gasteiger partial charge in [0.05, 0.1) is 28.9 Å². The zero-order chi connectivity index (χ0) is 18.7. The molecule has 0 fully saturated rings. The Balaban J connectivity index is 2.18. The number of carbonyl (C=O) groups is 2. The molecule has 3 rings (SSSR count). The quantitative estimate of drug-likeness (QED) is 0.718. The summed E-state index contributed by atoms with van der Waals surface area (Å²) in [6.45, 7) is 1.91. The van der Waals surface area contributed by atoms with Gasteiger partial charge < -0.3 is 20.5 Å². The number of halogens is 1. The van der Waals surface area contributed by atoms with Gasteiger partial charge in [-0.05, 0) is 30.2 Å². The van der Waals surface area contributed by atoms with Crippen LogP contribution in [0.15, 0.2) is 54.1 Å². The van der Waals surface area contributed by atoms with Crippen LogP contribution in [-0.2, 0) is 9.53 Å². The summed E-state index contributed by atoms with van der Waals surface area (Å²) >= 11 is 6.00. The smallest absolute Gasteiger partial charge is 0.338 e. The number of benzene rings is 2. The van der Waals surface area contributed by atoms with E-state index in [1.807, 2.05) is 18.2 Å². The number of nitrogens with one attached hydrogen (secondary N) is 2. The maximum absolute atomic E-state index is 12.7. The molecule has 3 N–H and O–H groups in total. The molecule has 0 unspecified atom stereocenters. The molecule has 0 radical (unpaired) electrons. The fraction of sp³-hybridized carbons (Fsp3) is 0.158. The van der Waals surface area contributed by atoms with Crippen molar-refractivity contribution in [3.63, 3.8) is 0 Å². The van der Waals surface area contributed by atoms with E-state index in [2.05, 4.69) is 10.6 Å². The van der Waals surface area contributed by atoms with Crippen LogP contribution in [0.1, 0.15) is 24.1 Å². The second kappa shape index (κ2) is 7.49. The molecule has 1 aliphatic rings. The van der Waals surface area contributed by atoms with Crippen LogP contribution in [0, 0.1) is 0 Å². The summed E-state index contributed by atoms with van der Waals surface area (Å²) in [5.74, 6) is -0.631. The van der Waals surface area contributed by atoms with E-state index in [0.29, 0.717) is 16.8 Å². The van der Waals surface area contributed by atoms with E-state index in [-0.39, 0.29) is 23.0 Å². The summed E-state index contributed by atoms with van der Waals surface area (Å²) in [5, 5.41) is 15.2. The fourth-order valence-corrected chi connectivity index (χ4v) is 2.97. The Morgan fingerprint density at radius 2 is 1.96 bits per heavy atom. The van der Waals surface area contributed by atoms with Gasteiger partial charge in [-0.2, -0.15) is 0 Å². The number of hydrogen-bond donors (Lipinski definition) is 3. The van der Waals surface area contributed by atoms with Crippen LogP contribution in [0.3, 0.4) is 0 Å². The monoisotopic (exact) mass is 372 g/mol. The van der Waals surface area contributed by atoms with Gasteiger partial charge in [-0.15, -0.1) is 0 Å². The molecule has 0 aliphatic carbocycles. The minimum absolute atomic E-state index is 0.0828. The standard InChI is InChI=1S/C19H17ClN2O4/c1-2-26-18(24)15-16(11-6-4-3-5-7-11)21-19(25)22-17(15)12-8-9-14(23)13(20)10-12/h3-10,17,23H,2H2,1H3,(H2,21,22,25)/t17-/m1/s1. The number of carbonyl (C=O) groups excluding carboxylic acids is 2. The lowest BCUT2D eigenvalue weighted by molar-refractivity contribution is -0.138. The summed E-state index contributed by atoms with van der Waals surface area (Å²) in [6.07, 6.45) is 0. The fourth-order valence-electron chi connectivity index (χ4n) is 2.78. The molecule has 6 nitrogen and oxygen atoms in total. The number of rotatable bonds is 4. The second-order valence-electron chi connectivity index (χ2n) is 5.62. The molecule has 2 aromatic rings. The Bertz CT molecular complexity index is 880. The maximum atomic E-state index is 12.7. The lowest BCUT2D eigenvalue weighted by Gasteiger charge is -2.29. The van der Waals surface area contributed by atoms with Crippen LogP contribution in [0.25, 0.3) is 5.70 Å². The third-order valence-electron chi connectivity index (χ3n) is 3.93. The average Bonchev–Trinajstić information content (AvgIpc) is 2.64. The lowest BCUT2D eigenvalue weighted by Crippen LogP contribution is -2.45. The number of amides is 2. The van der Waals surface area contributed by atoms with E-state index in [1.54, 1.807) is 25.1 Å². The molecule has 0 saturated heterocycles. The van der Waals surface area contributed by atoms with Crippen LogP contribution >= 0.6 is 11.6 Å². The second-order valence-corrected chi connectivity index (χ2v) is 6.02. The first-order valence-electron chi connectivity index (χ1n) is 8.04. The molecule has 0 saturated carbocycles. The number of ether oxygens (including phenoxy) is 1. The van der Waals surface area contributed by atoms with Gasteiger partial charge in [0.25, 0.3) is 0 Å². The average molecular weight is 373 g/mol. The van der Waals surface area contributed by atoms with Gasteiger partial charge in [-0.1, -0.05) is 48.0 Å². The van der Waals surface area contributed by atoms with Gasteiger partial charge in [0.2, 0.25) is 0 Å². The molecular weight excluding hydrogens is 356 g/mol. The van der Waals surface area contributed by atoms with Crippen molar-refractivity contribution in [2.45, 2.75) is 13.0 Å². The number of esters is 1. The number of hydrogen-bond acceptors (Lipinski definition) is 4. The number of urea groups is 1. The van der Waals surface area contributed by atoms with Gasteiger partial charge in [0.1, 0.15) is 5.75 Å². The molecule has 0 aromatic heterocycles. The minimum Gasteiger partial charge on any atom is -0.506 e. The zero-order valence-electron chi connectivity index (χ0n) is 14.0. The first-order chi connectivity index (χ1) is 12.5. The first-order valence-corrected chi connectivity index (χ1v) is 8.41. The number of phenols is 1. The Morgan fingerprint density at radius 3 is 2.62 bits per heavy atom. The lowest BCUT2D eigenvalue weighted by atomic mass is 9.92.